The summed E-state index contributed by atoms with van der Waals surface area (Å²) in [5.41, 5.74) is 0.452. The first-order valence-corrected chi connectivity index (χ1v) is 15.9. The highest BCUT2D eigenvalue weighted by Crippen LogP contribution is 2.42. The van der Waals surface area contributed by atoms with Crippen LogP contribution in [0.4, 0.5) is 27.6 Å². The molecule has 252 valence electrons. The predicted molar refractivity (Wildman–Crippen MR) is 168 cm³/mol. The lowest BCUT2D eigenvalue weighted by Crippen LogP contribution is -2.56. The number of furan rings is 1. The molecule has 1 fully saturated rings. The molecule has 0 saturated carbocycles. The van der Waals surface area contributed by atoms with Gasteiger partial charge in [0.25, 0.3) is 11.8 Å². The Morgan fingerprint density at radius 2 is 1.73 bits per heavy atom. The van der Waals surface area contributed by atoms with E-state index in [0.717, 1.165) is 23.3 Å². The number of carbonyl (C=O) groups is 2. The quantitative estimate of drug-likeness (QED) is 0.105. The van der Waals surface area contributed by atoms with E-state index < -0.39 is 65.4 Å². The molecule has 0 unspecified atom stereocenters. The minimum absolute atomic E-state index is 0.00168. The van der Waals surface area contributed by atoms with Gasteiger partial charge in [0.1, 0.15) is 23.0 Å². The van der Waals surface area contributed by atoms with E-state index in [1.54, 1.807) is 0 Å². The zero-order valence-corrected chi connectivity index (χ0v) is 26.1. The number of rotatable bonds is 7. The maximum absolute atomic E-state index is 14.4. The summed E-state index contributed by atoms with van der Waals surface area (Å²) in [6.45, 7) is -2.67. The van der Waals surface area contributed by atoms with Crippen LogP contribution in [-0.2, 0) is 10.0 Å². The molecule has 0 atom stereocenters. The summed E-state index contributed by atoms with van der Waals surface area (Å²) in [4.78, 5) is 28.2. The highest BCUT2D eigenvalue weighted by Gasteiger charge is 2.42. The maximum atomic E-state index is 14.4. The third-order valence-corrected chi connectivity index (χ3v) is 8.75. The predicted octanol–water partition coefficient (Wildman–Crippen LogP) is 5.23. The molecule has 17 heteroatoms. The van der Waals surface area contributed by atoms with Gasteiger partial charge in [0.15, 0.2) is 6.80 Å². The standard InChI is InChI=1S/C31H27F5N6O5S/c1-39-28(43)26-22-13-21(23(42(16-32)48(2,45)46)14-24(22)47-27(26)17-6-8-20(33)9-7-17)18-4-3-5-19(12-18)29(44)40-10-11-41(25(37)15-40)30(38)31(34,35)36/h3-9,12-14,37-38H,10-11,15-16H2,1-2H3,(H,39,43). The van der Waals surface area contributed by atoms with Gasteiger partial charge in [-0.3, -0.25) is 20.4 Å². The Kier molecular flexibility index (Phi) is 9.01. The Morgan fingerprint density at radius 3 is 2.31 bits per heavy atom. The number of alkyl halides is 4. The number of benzene rings is 3. The normalized spacial score (nSPS) is 13.9. The number of amidine groups is 2. The second-order valence-corrected chi connectivity index (χ2v) is 12.6. The van der Waals surface area contributed by atoms with Gasteiger partial charge in [-0.25, -0.2) is 21.5 Å². The highest BCUT2D eigenvalue weighted by atomic mass is 32.2. The molecule has 0 radical (unpaired) electrons. The van der Waals surface area contributed by atoms with E-state index in [0.29, 0.717) is 14.8 Å². The number of hydrogen-bond acceptors (Lipinski definition) is 7. The SMILES string of the molecule is CNC(=O)c1c(-c2ccc(F)cc2)oc2cc(N(CF)S(C)(=O)=O)c(-c3cccc(C(=O)N4CCN(C(=N)C(F)(F)F)C(=N)C4)c3)cc12. The van der Waals surface area contributed by atoms with Crippen LogP contribution in [-0.4, -0.2) is 87.6 Å². The Hall–Kier alpha value is -5.32. The summed E-state index contributed by atoms with van der Waals surface area (Å²) in [5.74, 6) is -4.09. The molecule has 1 aliphatic rings. The number of fused-ring (bicyclic) bond motifs is 1. The van der Waals surface area contributed by atoms with Gasteiger partial charge in [-0.15, -0.1) is 0 Å². The van der Waals surface area contributed by atoms with Crippen molar-refractivity contribution in [2.24, 2.45) is 0 Å². The summed E-state index contributed by atoms with van der Waals surface area (Å²) < 4.78 is 99.1. The number of nitrogens with zero attached hydrogens (tertiary/aromatic N) is 3. The first kappa shape index (κ1) is 34.0. The van der Waals surface area contributed by atoms with Gasteiger partial charge in [-0.05, 0) is 48.0 Å². The summed E-state index contributed by atoms with van der Waals surface area (Å²) in [6, 6.07) is 13.4. The zero-order chi connectivity index (χ0) is 35.1. The molecule has 3 aromatic carbocycles. The number of hydrogen-bond donors (Lipinski definition) is 3. The van der Waals surface area contributed by atoms with E-state index >= 15 is 0 Å². The van der Waals surface area contributed by atoms with Gasteiger partial charge in [-0.1, -0.05) is 12.1 Å². The average molecular weight is 691 g/mol. The number of anilines is 1. The van der Waals surface area contributed by atoms with Crippen molar-refractivity contribution in [1.82, 2.24) is 15.1 Å². The second-order valence-electron chi connectivity index (χ2n) is 10.7. The number of piperazine rings is 1. The smallest absolute Gasteiger partial charge is 0.449 e. The van der Waals surface area contributed by atoms with Crippen LogP contribution in [0.25, 0.3) is 33.4 Å². The molecule has 1 aliphatic heterocycles. The summed E-state index contributed by atoms with van der Waals surface area (Å²) in [5, 5.41) is 18.1. The molecular formula is C31H27F5N6O5S. The van der Waals surface area contributed by atoms with Crippen LogP contribution >= 0.6 is 0 Å². The second kappa shape index (κ2) is 12.7. The summed E-state index contributed by atoms with van der Waals surface area (Å²) >= 11 is 0. The number of carbonyl (C=O) groups excluding carboxylic acids is 2. The topological polar surface area (TPSA) is 151 Å². The van der Waals surface area contributed by atoms with Crippen molar-refractivity contribution in [1.29, 1.82) is 10.8 Å². The van der Waals surface area contributed by atoms with Crippen LogP contribution < -0.4 is 9.62 Å². The number of amides is 2. The fourth-order valence-corrected chi connectivity index (χ4v) is 6.02. The fourth-order valence-electron chi connectivity index (χ4n) is 5.33. The molecular weight excluding hydrogens is 663 g/mol. The molecule has 2 heterocycles. The van der Waals surface area contributed by atoms with E-state index in [-0.39, 0.29) is 51.2 Å². The number of halogens is 5. The number of nitrogens with one attached hydrogen (secondary N) is 3. The zero-order valence-electron chi connectivity index (χ0n) is 25.3. The molecule has 0 aliphatic carbocycles. The largest absolute Gasteiger partial charge is 0.455 e. The molecule has 4 aromatic rings. The van der Waals surface area contributed by atoms with E-state index in [1.807, 2.05) is 0 Å². The first-order chi connectivity index (χ1) is 22.5. The minimum Gasteiger partial charge on any atom is -0.455 e. The van der Waals surface area contributed by atoms with Gasteiger partial charge >= 0.3 is 6.18 Å². The lowest BCUT2D eigenvalue weighted by molar-refractivity contribution is -0.0675. The molecule has 3 N–H and O–H groups in total. The van der Waals surface area contributed by atoms with Crippen molar-refractivity contribution in [3.8, 4) is 22.5 Å². The van der Waals surface area contributed by atoms with Crippen LogP contribution in [0.3, 0.4) is 0 Å². The molecule has 1 aromatic heterocycles. The van der Waals surface area contributed by atoms with Gasteiger partial charge < -0.3 is 19.5 Å². The van der Waals surface area contributed by atoms with Crippen molar-refractivity contribution in [2.75, 3.05) is 44.0 Å². The summed E-state index contributed by atoms with van der Waals surface area (Å²) in [7, 11) is -2.85. The van der Waals surface area contributed by atoms with Crippen LogP contribution in [0.2, 0.25) is 0 Å². The molecule has 0 bridgehead atoms. The minimum atomic E-state index is -4.97. The Bertz CT molecular complexity index is 2060. The molecule has 5 rings (SSSR count). The molecule has 0 spiro atoms. The van der Waals surface area contributed by atoms with E-state index in [2.05, 4.69) is 5.32 Å². The van der Waals surface area contributed by atoms with Crippen molar-refractivity contribution < 1.29 is 44.4 Å². The van der Waals surface area contributed by atoms with Gasteiger partial charge in [0.05, 0.1) is 24.1 Å². The molecule has 48 heavy (non-hydrogen) atoms. The number of sulfonamides is 1. The highest BCUT2D eigenvalue weighted by molar-refractivity contribution is 7.92. The van der Waals surface area contributed by atoms with E-state index in [1.165, 1.54) is 55.6 Å². The van der Waals surface area contributed by atoms with E-state index in [9.17, 15) is 40.0 Å². The monoisotopic (exact) mass is 690 g/mol. The van der Waals surface area contributed by atoms with Crippen molar-refractivity contribution in [3.63, 3.8) is 0 Å². The third-order valence-electron chi connectivity index (χ3n) is 7.65. The van der Waals surface area contributed by atoms with Crippen LogP contribution in [0.5, 0.6) is 0 Å². The van der Waals surface area contributed by atoms with Crippen molar-refractivity contribution >= 4 is 50.2 Å². The van der Waals surface area contributed by atoms with Crippen LogP contribution in [0.1, 0.15) is 20.7 Å². The lowest BCUT2D eigenvalue weighted by Gasteiger charge is -2.36. The first-order valence-electron chi connectivity index (χ1n) is 14.1. The third kappa shape index (κ3) is 6.45. The molecule has 1 saturated heterocycles. The van der Waals surface area contributed by atoms with Crippen molar-refractivity contribution in [3.05, 3.63) is 77.6 Å². The Morgan fingerprint density at radius 1 is 1.04 bits per heavy atom. The van der Waals surface area contributed by atoms with Crippen LogP contribution in [0.15, 0.2) is 65.1 Å². The Balaban J connectivity index is 1.63. The maximum Gasteiger partial charge on any atom is 0.449 e. The van der Waals surface area contributed by atoms with Gasteiger partial charge in [-0.2, -0.15) is 13.2 Å². The van der Waals surface area contributed by atoms with E-state index in [4.69, 9.17) is 15.2 Å². The summed E-state index contributed by atoms with van der Waals surface area (Å²) in [6.07, 6.45) is -4.19. The fraction of sp³-hybridized carbons (Fsp3) is 0.226. The Labute approximate surface area is 270 Å². The van der Waals surface area contributed by atoms with Gasteiger partial charge in [0, 0.05) is 48.3 Å². The molecule has 2 amide bonds. The molecule has 11 nitrogen and oxygen atoms in total. The lowest BCUT2D eigenvalue weighted by atomic mass is 9.97. The van der Waals surface area contributed by atoms with Gasteiger partial charge in [0.2, 0.25) is 15.9 Å². The average Bonchev–Trinajstić information content (AvgIpc) is 3.41. The van der Waals surface area contributed by atoms with Crippen LogP contribution in [0, 0.1) is 16.6 Å². The van der Waals surface area contributed by atoms with Crippen molar-refractivity contribution in [2.45, 2.75) is 6.18 Å².